The summed E-state index contributed by atoms with van der Waals surface area (Å²) in [6, 6.07) is 8.40. The van der Waals surface area contributed by atoms with Gasteiger partial charge in [-0.25, -0.2) is 8.78 Å². The van der Waals surface area contributed by atoms with Gasteiger partial charge in [0.25, 0.3) is 5.91 Å². The van der Waals surface area contributed by atoms with E-state index >= 15 is 0 Å². The number of aryl methyl sites for hydroxylation is 1. The molecule has 1 heterocycles. The first-order chi connectivity index (χ1) is 16.3. The van der Waals surface area contributed by atoms with Gasteiger partial charge in [-0.3, -0.25) is 19.3 Å². The number of amides is 3. The average Bonchev–Trinajstić information content (AvgIpc) is 2.91. The van der Waals surface area contributed by atoms with Crippen molar-refractivity contribution >= 4 is 23.4 Å². The molecule has 0 atom stereocenters. The summed E-state index contributed by atoms with van der Waals surface area (Å²) in [7, 11) is 0. The van der Waals surface area contributed by atoms with Crippen LogP contribution in [0.3, 0.4) is 0 Å². The molecule has 0 saturated carbocycles. The number of hydrogen-bond donors (Lipinski definition) is 1. The standard InChI is InChI=1S/C26H31F2N3O3/c1-2-7-24(32)31-17-25(33)30(16-19-10-11-20(27)15-22(19)28)23-12-9-18(14-21(23)26(31)34)8-5-3-4-6-13-29/h9-12,14-15H,2-8,13,16-17,29H2,1H3. The van der Waals surface area contributed by atoms with Crippen molar-refractivity contribution in [2.75, 3.05) is 18.0 Å². The van der Waals surface area contributed by atoms with Gasteiger partial charge in [-0.05, 0) is 56.0 Å². The summed E-state index contributed by atoms with van der Waals surface area (Å²) in [4.78, 5) is 41.5. The molecule has 0 aliphatic carbocycles. The fourth-order valence-corrected chi connectivity index (χ4v) is 4.09. The predicted molar refractivity (Wildman–Crippen MR) is 126 cm³/mol. The van der Waals surface area contributed by atoms with Crippen LogP contribution in [-0.4, -0.2) is 35.7 Å². The summed E-state index contributed by atoms with van der Waals surface area (Å²) in [5.41, 5.74) is 7.13. The second-order valence-corrected chi connectivity index (χ2v) is 8.56. The number of anilines is 1. The molecule has 0 saturated heterocycles. The van der Waals surface area contributed by atoms with Crippen molar-refractivity contribution in [3.63, 3.8) is 0 Å². The minimum atomic E-state index is -0.780. The van der Waals surface area contributed by atoms with Crippen molar-refractivity contribution in [2.45, 2.75) is 58.4 Å². The normalized spacial score (nSPS) is 13.8. The lowest BCUT2D eigenvalue weighted by molar-refractivity contribution is -0.132. The molecule has 2 aromatic rings. The van der Waals surface area contributed by atoms with E-state index in [1.807, 2.05) is 13.0 Å². The molecule has 182 valence electrons. The minimum absolute atomic E-state index is 0.116. The molecule has 1 aliphatic heterocycles. The van der Waals surface area contributed by atoms with Gasteiger partial charge in [0.15, 0.2) is 0 Å². The van der Waals surface area contributed by atoms with Crippen LogP contribution in [0, 0.1) is 11.6 Å². The maximum Gasteiger partial charge on any atom is 0.263 e. The number of rotatable bonds is 10. The lowest BCUT2D eigenvalue weighted by Crippen LogP contribution is -2.42. The number of benzene rings is 2. The highest BCUT2D eigenvalue weighted by Crippen LogP contribution is 2.30. The zero-order valence-corrected chi connectivity index (χ0v) is 19.5. The van der Waals surface area contributed by atoms with Crippen LogP contribution in [0.2, 0.25) is 0 Å². The first-order valence-corrected chi connectivity index (χ1v) is 11.8. The van der Waals surface area contributed by atoms with Gasteiger partial charge >= 0.3 is 0 Å². The molecule has 3 amide bonds. The van der Waals surface area contributed by atoms with E-state index in [2.05, 4.69) is 0 Å². The third-order valence-electron chi connectivity index (χ3n) is 5.95. The third kappa shape index (κ3) is 6.05. The van der Waals surface area contributed by atoms with Gasteiger partial charge in [-0.15, -0.1) is 0 Å². The Bertz CT molecular complexity index is 1060. The molecule has 0 spiro atoms. The Morgan fingerprint density at radius 2 is 1.79 bits per heavy atom. The molecule has 0 aromatic heterocycles. The molecule has 2 aromatic carbocycles. The van der Waals surface area contributed by atoms with Crippen LogP contribution in [0.25, 0.3) is 0 Å². The zero-order valence-electron chi connectivity index (χ0n) is 19.5. The number of halogens is 2. The van der Waals surface area contributed by atoms with Gasteiger partial charge in [0.1, 0.15) is 18.2 Å². The third-order valence-corrected chi connectivity index (χ3v) is 5.95. The van der Waals surface area contributed by atoms with Crippen LogP contribution < -0.4 is 10.6 Å². The van der Waals surface area contributed by atoms with E-state index < -0.39 is 35.9 Å². The summed E-state index contributed by atoms with van der Waals surface area (Å²) >= 11 is 0. The number of nitrogens with zero attached hydrogens (tertiary/aromatic N) is 2. The Morgan fingerprint density at radius 1 is 1.03 bits per heavy atom. The molecule has 0 bridgehead atoms. The van der Waals surface area contributed by atoms with Crippen molar-refractivity contribution in [3.8, 4) is 0 Å². The van der Waals surface area contributed by atoms with Crippen LogP contribution in [0.15, 0.2) is 36.4 Å². The number of imide groups is 1. The van der Waals surface area contributed by atoms with E-state index in [1.54, 1.807) is 12.1 Å². The van der Waals surface area contributed by atoms with E-state index in [1.165, 1.54) is 11.0 Å². The lowest BCUT2D eigenvalue weighted by atomic mass is 10.0. The molecule has 0 radical (unpaired) electrons. The highest BCUT2D eigenvalue weighted by atomic mass is 19.1. The number of carbonyl (C=O) groups is 3. The molecule has 2 N–H and O–H groups in total. The first-order valence-electron chi connectivity index (χ1n) is 11.8. The number of nitrogens with two attached hydrogens (primary N) is 1. The number of fused-ring (bicyclic) bond motifs is 1. The Morgan fingerprint density at radius 3 is 2.50 bits per heavy atom. The van der Waals surface area contributed by atoms with Crippen LogP contribution in [0.5, 0.6) is 0 Å². The molecular weight excluding hydrogens is 440 g/mol. The van der Waals surface area contributed by atoms with Gasteiger partial charge in [-0.1, -0.05) is 31.9 Å². The molecule has 0 fully saturated rings. The Kier molecular flexibility index (Phi) is 8.87. The van der Waals surface area contributed by atoms with Gasteiger partial charge < -0.3 is 10.6 Å². The van der Waals surface area contributed by atoms with E-state index in [-0.39, 0.29) is 24.1 Å². The monoisotopic (exact) mass is 471 g/mol. The maximum atomic E-state index is 14.4. The molecule has 0 unspecified atom stereocenters. The largest absolute Gasteiger partial charge is 0.330 e. The Labute approximate surface area is 198 Å². The van der Waals surface area contributed by atoms with Crippen molar-refractivity contribution in [2.24, 2.45) is 5.73 Å². The van der Waals surface area contributed by atoms with Crippen molar-refractivity contribution in [1.82, 2.24) is 4.90 Å². The van der Waals surface area contributed by atoms with E-state index in [0.29, 0.717) is 18.7 Å². The molecule has 8 heteroatoms. The zero-order chi connectivity index (χ0) is 24.7. The summed E-state index contributed by atoms with van der Waals surface area (Å²) in [5, 5.41) is 0. The second kappa shape index (κ2) is 11.8. The fraction of sp³-hybridized carbons (Fsp3) is 0.423. The lowest BCUT2D eigenvalue weighted by Gasteiger charge is -2.23. The van der Waals surface area contributed by atoms with Crippen molar-refractivity contribution in [3.05, 3.63) is 64.7 Å². The average molecular weight is 472 g/mol. The highest BCUT2D eigenvalue weighted by Gasteiger charge is 2.35. The molecule has 1 aliphatic rings. The van der Waals surface area contributed by atoms with Crippen LogP contribution in [0.4, 0.5) is 14.5 Å². The Hall–Kier alpha value is -3.13. The maximum absolute atomic E-state index is 14.4. The summed E-state index contributed by atoms with van der Waals surface area (Å²) in [6.45, 7) is 1.87. The van der Waals surface area contributed by atoms with Gasteiger partial charge in [-0.2, -0.15) is 0 Å². The fourth-order valence-electron chi connectivity index (χ4n) is 4.09. The number of carbonyl (C=O) groups excluding carboxylic acids is 3. The smallest absolute Gasteiger partial charge is 0.263 e. The van der Waals surface area contributed by atoms with Crippen molar-refractivity contribution < 1.29 is 23.2 Å². The van der Waals surface area contributed by atoms with Crippen molar-refractivity contribution in [1.29, 1.82) is 0 Å². The Balaban J connectivity index is 1.95. The minimum Gasteiger partial charge on any atom is -0.330 e. The predicted octanol–water partition coefficient (Wildman–Crippen LogP) is 4.34. The summed E-state index contributed by atoms with van der Waals surface area (Å²) in [6.07, 6.45) is 5.36. The van der Waals surface area contributed by atoms with Gasteiger partial charge in [0.05, 0.1) is 17.8 Å². The molecule has 34 heavy (non-hydrogen) atoms. The summed E-state index contributed by atoms with van der Waals surface area (Å²) < 4.78 is 27.7. The van der Waals surface area contributed by atoms with Crippen LogP contribution in [-0.2, 0) is 22.6 Å². The van der Waals surface area contributed by atoms with Gasteiger partial charge in [0.2, 0.25) is 11.8 Å². The van der Waals surface area contributed by atoms with Crippen LogP contribution in [0.1, 0.15) is 66.9 Å². The SMILES string of the molecule is CCCC(=O)N1CC(=O)N(Cc2ccc(F)cc2F)c2ccc(CCCCCCN)cc2C1=O. The second-order valence-electron chi connectivity index (χ2n) is 8.56. The topological polar surface area (TPSA) is 83.7 Å². The number of unbranched alkanes of at least 4 members (excludes halogenated alkanes) is 3. The van der Waals surface area contributed by atoms with E-state index in [9.17, 15) is 23.2 Å². The first kappa shape index (κ1) is 25.5. The van der Waals surface area contributed by atoms with E-state index in [4.69, 9.17) is 5.73 Å². The molecule has 6 nitrogen and oxygen atoms in total. The quantitative estimate of drug-likeness (QED) is 0.523. The van der Waals surface area contributed by atoms with Crippen LogP contribution >= 0.6 is 0 Å². The highest BCUT2D eigenvalue weighted by molar-refractivity contribution is 6.15. The summed E-state index contributed by atoms with van der Waals surface area (Å²) in [5.74, 6) is -2.96. The van der Waals surface area contributed by atoms with E-state index in [0.717, 1.165) is 54.7 Å². The van der Waals surface area contributed by atoms with Gasteiger partial charge in [0, 0.05) is 18.1 Å². The molecular formula is C26H31F2N3O3. The number of hydrogen-bond acceptors (Lipinski definition) is 4. The molecule has 3 rings (SSSR count).